The molecule has 0 amide bonds. The fourth-order valence-corrected chi connectivity index (χ4v) is 3.72. The first-order valence-electron chi connectivity index (χ1n) is 9.55. The molecule has 2 aliphatic rings. The van der Waals surface area contributed by atoms with E-state index in [0.717, 1.165) is 32.7 Å². The molecule has 2 fully saturated rings. The van der Waals surface area contributed by atoms with Crippen LogP contribution in [0.5, 0.6) is 0 Å². The van der Waals surface area contributed by atoms with Gasteiger partial charge in [-0.3, -0.25) is 4.90 Å². The number of ether oxygens (including phenoxy) is 2. The van der Waals surface area contributed by atoms with Crippen LogP contribution < -0.4 is 0 Å². The van der Waals surface area contributed by atoms with Gasteiger partial charge in [0.15, 0.2) is 0 Å². The van der Waals surface area contributed by atoms with Crippen molar-refractivity contribution in [2.45, 2.75) is 77.4 Å². The van der Waals surface area contributed by atoms with Crippen LogP contribution in [0.15, 0.2) is 0 Å². The molecule has 0 spiro atoms. The molecule has 1 saturated heterocycles. The van der Waals surface area contributed by atoms with Crippen molar-refractivity contribution in [1.29, 1.82) is 0 Å². The third kappa shape index (κ3) is 6.10. The zero-order valence-corrected chi connectivity index (χ0v) is 15.4. The molecule has 1 atom stereocenters. The molecule has 0 aromatic heterocycles. The van der Waals surface area contributed by atoms with Crippen LogP contribution in [-0.4, -0.2) is 49.5 Å². The molecule has 0 aromatic rings. The second-order valence-corrected chi connectivity index (χ2v) is 7.57. The Balaban J connectivity index is 1.90. The van der Waals surface area contributed by atoms with E-state index in [1.165, 1.54) is 45.2 Å². The molecule has 2 rings (SSSR count). The third-order valence-corrected chi connectivity index (χ3v) is 4.98. The zero-order chi connectivity index (χ0) is 16.5. The Bertz CT molecular complexity index is 384. The topological polar surface area (TPSA) is 21.7 Å². The summed E-state index contributed by atoms with van der Waals surface area (Å²) in [5.74, 6) is 7.09. The average molecular weight is 322 g/mol. The minimum atomic E-state index is -0.191. The summed E-state index contributed by atoms with van der Waals surface area (Å²) in [4.78, 5) is 2.55. The summed E-state index contributed by atoms with van der Waals surface area (Å²) in [5, 5.41) is 0. The summed E-state index contributed by atoms with van der Waals surface area (Å²) >= 11 is 0. The first kappa shape index (κ1) is 18.8. The number of hydrogen-bond acceptors (Lipinski definition) is 3. The first-order valence-corrected chi connectivity index (χ1v) is 9.55. The Morgan fingerprint density at radius 3 is 2.26 bits per heavy atom. The molecule has 0 N–H and O–H groups in total. The van der Waals surface area contributed by atoms with Gasteiger partial charge in [0, 0.05) is 6.61 Å². The van der Waals surface area contributed by atoms with Gasteiger partial charge in [0.25, 0.3) is 0 Å². The SMILES string of the molecule is CC#CC1(OC[C@@H](COCC(C)C)N2CCCC2)CCCCC1. The van der Waals surface area contributed by atoms with Crippen molar-refractivity contribution in [3.8, 4) is 11.8 Å². The van der Waals surface area contributed by atoms with E-state index in [-0.39, 0.29) is 5.60 Å². The molecule has 1 saturated carbocycles. The molecule has 1 aliphatic heterocycles. The van der Waals surface area contributed by atoms with E-state index in [1.807, 2.05) is 6.92 Å². The second-order valence-electron chi connectivity index (χ2n) is 7.57. The highest BCUT2D eigenvalue weighted by atomic mass is 16.5. The van der Waals surface area contributed by atoms with Gasteiger partial charge in [-0.2, -0.15) is 0 Å². The lowest BCUT2D eigenvalue weighted by Gasteiger charge is -2.36. The third-order valence-electron chi connectivity index (χ3n) is 4.98. The molecule has 0 unspecified atom stereocenters. The van der Waals surface area contributed by atoms with Gasteiger partial charge in [0.05, 0.1) is 19.3 Å². The fourth-order valence-electron chi connectivity index (χ4n) is 3.72. The second kappa shape index (κ2) is 9.67. The summed E-state index contributed by atoms with van der Waals surface area (Å²) in [6.07, 6.45) is 8.60. The van der Waals surface area contributed by atoms with Gasteiger partial charge in [-0.1, -0.05) is 26.2 Å². The Morgan fingerprint density at radius 2 is 1.65 bits per heavy atom. The highest BCUT2D eigenvalue weighted by molar-refractivity contribution is 5.14. The van der Waals surface area contributed by atoms with Gasteiger partial charge in [-0.15, -0.1) is 5.92 Å². The molecule has 0 radical (unpaired) electrons. The van der Waals surface area contributed by atoms with Gasteiger partial charge < -0.3 is 9.47 Å². The molecule has 3 heteroatoms. The van der Waals surface area contributed by atoms with Crippen molar-refractivity contribution in [2.24, 2.45) is 5.92 Å². The van der Waals surface area contributed by atoms with Gasteiger partial charge in [0.2, 0.25) is 0 Å². The van der Waals surface area contributed by atoms with Crippen LogP contribution in [0.25, 0.3) is 0 Å². The van der Waals surface area contributed by atoms with Crippen LogP contribution in [0.4, 0.5) is 0 Å². The van der Waals surface area contributed by atoms with Crippen LogP contribution >= 0.6 is 0 Å². The minimum absolute atomic E-state index is 0.191. The predicted octanol–water partition coefficient (Wildman–Crippen LogP) is 3.87. The quantitative estimate of drug-likeness (QED) is 0.634. The lowest BCUT2D eigenvalue weighted by molar-refractivity contribution is -0.0659. The highest BCUT2D eigenvalue weighted by Crippen LogP contribution is 2.31. The predicted molar refractivity (Wildman–Crippen MR) is 95.5 cm³/mol. The van der Waals surface area contributed by atoms with E-state index in [9.17, 15) is 0 Å². The van der Waals surface area contributed by atoms with Crippen molar-refractivity contribution >= 4 is 0 Å². The number of hydrogen-bond donors (Lipinski definition) is 0. The highest BCUT2D eigenvalue weighted by Gasteiger charge is 2.33. The number of rotatable bonds is 8. The Kier molecular flexibility index (Phi) is 7.89. The largest absolute Gasteiger partial charge is 0.379 e. The normalized spacial score (nSPS) is 22.8. The summed E-state index contributed by atoms with van der Waals surface area (Å²) in [6, 6.07) is 0.383. The minimum Gasteiger partial charge on any atom is -0.379 e. The molecule has 1 heterocycles. The van der Waals surface area contributed by atoms with Gasteiger partial charge in [0.1, 0.15) is 5.60 Å². The summed E-state index contributed by atoms with van der Waals surface area (Å²) in [6.45, 7) is 11.1. The molecule has 3 nitrogen and oxygen atoms in total. The van der Waals surface area contributed by atoms with Crippen LogP contribution in [-0.2, 0) is 9.47 Å². The zero-order valence-electron chi connectivity index (χ0n) is 15.4. The molecule has 23 heavy (non-hydrogen) atoms. The maximum absolute atomic E-state index is 6.45. The number of likely N-dealkylation sites (tertiary alicyclic amines) is 1. The first-order chi connectivity index (χ1) is 11.2. The smallest absolute Gasteiger partial charge is 0.128 e. The molecule has 0 aromatic carbocycles. The van der Waals surface area contributed by atoms with E-state index in [1.54, 1.807) is 0 Å². The maximum Gasteiger partial charge on any atom is 0.128 e. The molecular formula is C20H35NO2. The van der Waals surface area contributed by atoms with Crippen LogP contribution in [0, 0.1) is 17.8 Å². The van der Waals surface area contributed by atoms with Gasteiger partial charge in [-0.05, 0) is 64.5 Å². The van der Waals surface area contributed by atoms with E-state index in [2.05, 4.69) is 30.6 Å². The summed E-state index contributed by atoms with van der Waals surface area (Å²) in [5.41, 5.74) is -0.191. The molecule has 0 bridgehead atoms. The van der Waals surface area contributed by atoms with Crippen LogP contribution in [0.3, 0.4) is 0 Å². The van der Waals surface area contributed by atoms with E-state index in [4.69, 9.17) is 9.47 Å². The maximum atomic E-state index is 6.45. The Hall–Kier alpha value is -0.560. The van der Waals surface area contributed by atoms with Crippen molar-refractivity contribution in [3.05, 3.63) is 0 Å². The standard InChI is InChI=1S/C20H35NO2/c1-4-10-20(11-6-5-7-12-20)23-17-19(16-22-15-18(2)3)21-13-8-9-14-21/h18-19H,5-9,11-17H2,1-3H3/t19-/m1/s1. The van der Waals surface area contributed by atoms with Crippen LogP contribution in [0.1, 0.15) is 65.7 Å². The Morgan fingerprint density at radius 1 is 0.957 bits per heavy atom. The van der Waals surface area contributed by atoms with E-state index < -0.39 is 0 Å². The molecular weight excluding hydrogens is 286 g/mol. The fraction of sp³-hybridized carbons (Fsp3) is 0.900. The Labute approximate surface area is 143 Å². The van der Waals surface area contributed by atoms with E-state index >= 15 is 0 Å². The number of nitrogens with zero attached hydrogens (tertiary/aromatic N) is 1. The molecule has 132 valence electrons. The summed E-state index contributed by atoms with van der Waals surface area (Å²) < 4.78 is 12.4. The lowest BCUT2D eigenvalue weighted by atomic mass is 9.85. The lowest BCUT2D eigenvalue weighted by Crippen LogP contribution is -2.44. The van der Waals surface area contributed by atoms with E-state index in [0.29, 0.717) is 12.0 Å². The van der Waals surface area contributed by atoms with Crippen molar-refractivity contribution in [3.63, 3.8) is 0 Å². The summed E-state index contributed by atoms with van der Waals surface area (Å²) in [7, 11) is 0. The average Bonchev–Trinajstić information content (AvgIpc) is 3.06. The van der Waals surface area contributed by atoms with Gasteiger partial charge >= 0.3 is 0 Å². The van der Waals surface area contributed by atoms with Gasteiger partial charge in [-0.25, -0.2) is 0 Å². The van der Waals surface area contributed by atoms with Crippen molar-refractivity contribution < 1.29 is 9.47 Å². The molecule has 1 aliphatic carbocycles. The van der Waals surface area contributed by atoms with Crippen molar-refractivity contribution in [2.75, 3.05) is 32.9 Å². The van der Waals surface area contributed by atoms with Crippen molar-refractivity contribution in [1.82, 2.24) is 4.90 Å². The van der Waals surface area contributed by atoms with Crippen LogP contribution in [0.2, 0.25) is 0 Å². The monoisotopic (exact) mass is 321 g/mol.